The summed E-state index contributed by atoms with van der Waals surface area (Å²) in [6.07, 6.45) is 3.44. The van der Waals surface area contributed by atoms with Gasteiger partial charge in [-0.25, -0.2) is 4.98 Å². The molecule has 2 saturated heterocycles. The van der Waals surface area contributed by atoms with Crippen molar-refractivity contribution in [1.29, 1.82) is 0 Å². The van der Waals surface area contributed by atoms with Crippen molar-refractivity contribution in [2.24, 2.45) is 5.92 Å². The number of rotatable bonds is 3. The molecule has 2 atom stereocenters. The Hall–Kier alpha value is -0.870. The zero-order chi connectivity index (χ0) is 11.7. The Morgan fingerprint density at radius 2 is 2.06 bits per heavy atom. The summed E-state index contributed by atoms with van der Waals surface area (Å²) in [7, 11) is 0. The second-order valence-electron chi connectivity index (χ2n) is 5.30. The molecule has 0 aromatic carbocycles. The first-order chi connectivity index (χ1) is 8.33. The number of hydrogen-bond acceptors (Lipinski definition) is 4. The molecule has 0 radical (unpaired) electrons. The summed E-state index contributed by atoms with van der Waals surface area (Å²) in [5.41, 5.74) is 1.19. The molecule has 4 heteroatoms. The van der Waals surface area contributed by atoms with Crippen molar-refractivity contribution in [2.45, 2.75) is 32.1 Å². The fraction of sp³-hybridized carbons (Fsp3) is 0.769. The largest absolute Gasteiger partial charge is 0.446 e. The van der Waals surface area contributed by atoms with Crippen LogP contribution in [0, 0.1) is 12.8 Å². The maximum absolute atomic E-state index is 5.82. The van der Waals surface area contributed by atoms with Crippen LogP contribution in [0.3, 0.4) is 0 Å². The molecule has 0 spiro atoms. The molecule has 0 aliphatic carbocycles. The lowest BCUT2D eigenvalue weighted by Gasteiger charge is -2.04. The second kappa shape index (κ2) is 4.78. The smallest absolute Gasteiger partial charge is 0.194 e. The molecule has 2 N–H and O–H groups in total. The first kappa shape index (κ1) is 11.2. The van der Waals surface area contributed by atoms with Crippen LogP contribution in [0.1, 0.15) is 36.1 Å². The van der Waals surface area contributed by atoms with Gasteiger partial charge in [0.1, 0.15) is 5.76 Å². The van der Waals surface area contributed by atoms with Gasteiger partial charge in [0.15, 0.2) is 5.89 Å². The molecule has 0 bridgehead atoms. The molecule has 2 unspecified atom stereocenters. The van der Waals surface area contributed by atoms with Gasteiger partial charge in [-0.1, -0.05) is 0 Å². The molecular weight excluding hydrogens is 214 g/mol. The van der Waals surface area contributed by atoms with E-state index >= 15 is 0 Å². The number of hydrogen-bond donors (Lipinski definition) is 2. The van der Waals surface area contributed by atoms with Gasteiger partial charge in [-0.2, -0.15) is 0 Å². The SMILES string of the molecule is Cc1oc(CC2CCNC2)nc1C1CCNC1. The summed E-state index contributed by atoms with van der Waals surface area (Å²) in [5, 5.41) is 6.78. The minimum Gasteiger partial charge on any atom is -0.446 e. The number of nitrogens with one attached hydrogen (secondary N) is 2. The van der Waals surface area contributed by atoms with Crippen molar-refractivity contribution in [3.8, 4) is 0 Å². The number of aromatic nitrogens is 1. The highest BCUT2D eigenvalue weighted by atomic mass is 16.4. The van der Waals surface area contributed by atoms with E-state index < -0.39 is 0 Å². The van der Waals surface area contributed by atoms with Crippen LogP contribution in [0.5, 0.6) is 0 Å². The van der Waals surface area contributed by atoms with Crippen molar-refractivity contribution in [3.63, 3.8) is 0 Å². The predicted octanol–water partition coefficient (Wildman–Crippen LogP) is 1.21. The molecule has 0 amide bonds. The van der Waals surface area contributed by atoms with Gasteiger partial charge < -0.3 is 15.1 Å². The average Bonchev–Trinajstić information content (AvgIpc) is 3.00. The Bertz CT molecular complexity index is 376. The van der Waals surface area contributed by atoms with Gasteiger partial charge in [-0.3, -0.25) is 0 Å². The lowest BCUT2D eigenvalue weighted by atomic mass is 10.0. The van der Waals surface area contributed by atoms with Crippen molar-refractivity contribution in [1.82, 2.24) is 15.6 Å². The van der Waals surface area contributed by atoms with Gasteiger partial charge in [0.2, 0.25) is 0 Å². The lowest BCUT2D eigenvalue weighted by molar-refractivity contribution is 0.427. The Kier molecular flexibility index (Phi) is 3.16. The second-order valence-corrected chi connectivity index (χ2v) is 5.30. The maximum Gasteiger partial charge on any atom is 0.194 e. The van der Waals surface area contributed by atoms with Crippen molar-refractivity contribution in [2.75, 3.05) is 26.2 Å². The summed E-state index contributed by atoms with van der Waals surface area (Å²) in [5.74, 6) is 3.24. The van der Waals surface area contributed by atoms with Gasteiger partial charge in [-0.15, -0.1) is 0 Å². The molecule has 1 aromatic rings. The summed E-state index contributed by atoms with van der Waals surface area (Å²) < 4.78 is 5.82. The molecular formula is C13H21N3O. The highest BCUT2D eigenvalue weighted by molar-refractivity contribution is 5.16. The fourth-order valence-electron chi connectivity index (χ4n) is 2.95. The maximum atomic E-state index is 5.82. The summed E-state index contributed by atoms with van der Waals surface area (Å²) in [6, 6.07) is 0. The Labute approximate surface area is 102 Å². The molecule has 2 fully saturated rings. The molecule has 1 aromatic heterocycles. The third kappa shape index (κ3) is 2.38. The van der Waals surface area contributed by atoms with E-state index in [2.05, 4.69) is 17.6 Å². The number of oxazole rings is 1. The van der Waals surface area contributed by atoms with E-state index in [1.165, 1.54) is 18.5 Å². The third-order valence-electron chi connectivity index (χ3n) is 3.95. The molecule has 17 heavy (non-hydrogen) atoms. The van der Waals surface area contributed by atoms with E-state index in [4.69, 9.17) is 9.40 Å². The van der Waals surface area contributed by atoms with Gasteiger partial charge in [0.25, 0.3) is 0 Å². The number of aryl methyl sites for hydroxylation is 1. The summed E-state index contributed by atoms with van der Waals surface area (Å²) >= 11 is 0. The Morgan fingerprint density at radius 1 is 1.24 bits per heavy atom. The van der Waals surface area contributed by atoms with E-state index in [0.29, 0.717) is 11.8 Å². The van der Waals surface area contributed by atoms with E-state index in [-0.39, 0.29) is 0 Å². The molecule has 2 aliphatic heterocycles. The molecule has 4 nitrogen and oxygen atoms in total. The predicted molar refractivity (Wildman–Crippen MR) is 66.1 cm³/mol. The average molecular weight is 235 g/mol. The normalized spacial score (nSPS) is 29.0. The zero-order valence-electron chi connectivity index (χ0n) is 10.5. The van der Waals surface area contributed by atoms with E-state index in [1.54, 1.807) is 0 Å². The zero-order valence-corrected chi connectivity index (χ0v) is 10.5. The van der Waals surface area contributed by atoms with Crippen LogP contribution >= 0.6 is 0 Å². The molecule has 0 saturated carbocycles. The third-order valence-corrected chi connectivity index (χ3v) is 3.95. The van der Waals surface area contributed by atoms with Crippen LogP contribution in [0.25, 0.3) is 0 Å². The molecule has 94 valence electrons. The van der Waals surface area contributed by atoms with Crippen molar-refractivity contribution in [3.05, 3.63) is 17.3 Å². The Balaban J connectivity index is 1.70. The van der Waals surface area contributed by atoms with Crippen molar-refractivity contribution < 1.29 is 4.42 Å². The fourth-order valence-corrected chi connectivity index (χ4v) is 2.95. The lowest BCUT2D eigenvalue weighted by Crippen LogP contribution is -2.11. The van der Waals surface area contributed by atoms with Gasteiger partial charge >= 0.3 is 0 Å². The first-order valence-electron chi connectivity index (χ1n) is 6.70. The monoisotopic (exact) mass is 235 g/mol. The Morgan fingerprint density at radius 3 is 2.76 bits per heavy atom. The van der Waals surface area contributed by atoms with Crippen LogP contribution in [0.15, 0.2) is 4.42 Å². The first-order valence-corrected chi connectivity index (χ1v) is 6.70. The molecule has 2 aliphatic rings. The molecule has 3 heterocycles. The molecule has 3 rings (SSSR count). The quantitative estimate of drug-likeness (QED) is 0.827. The van der Waals surface area contributed by atoms with Crippen LogP contribution in [-0.4, -0.2) is 31.2 Å². The summed E-state index contributed by atoms with van der Waals surface area (Å²) in [6.45, 7) is 6.47. The summed E-state index contributed by atoms with van der Waals surface area (Å²) in [4.78, 5) is 4.72. The van der Waals surface area contributed by atoms with Crippen LogP contribution in [-0.2, 0) is 6.42 Å². The minimum absolute atomic E-state index is 0.564. The van der Waals surface area contributed by atoms with E-state index in [0.717, 1.165) is 44.3 Å². The minimum atomic E-state index is 0.564. The van der Waals surface area contributed by atoms with Crippen LogP contribution in [0.2, 0.25) is 0 Å². The van der Waals surface area contributed by atoms with Crippen LogP contribution in [0.4, 0.5) is 0 Å². The highest BCUT2D eigenvalue weighted by Gasteiger charge is 2.24. The topological polar surface area (TPSA) is 50.1 Å². The van der Waals surface area contributed by atoms with Crippen molar-refractivity contribution >= 4 is 0 Å². The highest BCUT2D eigenvalue weighted by Crippen LogP contribution is 2.26. The van der Waals surface area contributed by atoms with Gasteiger partial charge in [-0.05, 0) is 45.3 Å². The van der Waals surface area contributed by atoms with E-state index in [1.807, 2.05) is 0 Å². The van der Waals surface area contributed by atoms with Gasteiger partial charge in [0.05, 0.1) is 5.69 Å². The standard InChI is InChI=1S/C13H21N3O/c1-9-13(11-3-5-15-8-11)16-12(17-9)6-10-2-4-14-7-10/h10-11,14-15H,2-8H2,1H3. The van der Waals surface area contributed by atoms with E-state index in [9.17, 15) is 0 Å². The number of nitrogens with zero attached hydrogens (tertiary/aromatic N) is 1. The van der Waals surface area contributed by atoms with Crippen LogP contribution < -0.4 is 10.6 Å². The van der Waals surface area contributed by atoms with Gasteiger partial charge in [0, 0.05) is 18.9 Å².